The molecular weight excluding hydrogens is 300 g/mol. The van der Waals surface area contributed by atoms with Gasteiger partial charge in [-0.2, -0.15) is 0 Å². The van der Waals surface area contributed by atoms with Crippen molar-refractivity contribution in [3.8, 4) is 5.69 Å². The molecule has 22 heavy (non-hydrogen) atoms. The van der Waals surface area contributed by atoms with Crippen molar-refractivity contribution in [2.75, 3.05) is 0 Å². The second-order valence-corrected chi connectivity index (χ2v) is 5.57. The molecule has 1 unspecified atom stereocenters. The predicted molar refractivity (Wildman–Crippen MR) is 85.1 cm³/mol. The van der Waals surface area contributed by atoms with E-state index < -0.39 is 0 Å². The average Bonchev–Trinajstić information content (AvgIpc) is 3.15. The maximum Gasteiger partial charge on any atom is 0.117 e. The van der Waals surface area contributed by atoms with Crippen molar-refractivity contribution in [1.29, 1.82) is 0 Å². The molecule has 114 valence electrons. The second kappa shape index (κ2) is 6.34. The first-order valence-electron chi connectivity index (χ1n) is 7.09. The first kappa shape index (κ1) is 14.8. The summed E-state index contributed by atoms with van der Waals surface area (Å²) >= 11 is 5.92. The van der Waals surface area contributed by atoms with Crippen LogP contribution in [0.1, 0.15) is 30.1 Å². The maximum atomic E-state index is 5.92. The molecule has 0 aliphatic rings. The monoisotopic (exact) mass is 316 g/mol. The van der Waals surface area contributed by atoms with Gasteiger partial charge in [0, 0.05) is 5.02 Å². The summed E-state index contributed by atoms with van der Waals surface area (Å²) in [5.41, 5.74) is 2.86. The van der Waals surface area contributed by atoms with Gasteiger partial charge < -0.3 is 9.73 Å². The van der Waals surface area contributed by atoms with Crippen molar-refractivity contribution in [1.82, 2.24) is 20.3 Å². The molecule has 1 aromatic carbocycles. The zero-order chi connectivity index (χ0) is 15.5. The summed E-state index contributed by atoms with van der Waals surface area (Å²) in [6.07, 6.45) is 1.67. The van der Waals surface area contributed by atoms with Crippen molar-refractivity contribution in [3.05, 3.63) is 64.8 Å². The van der Waals surface area contributed by atoms with Gasteiger partial charge in [-0.05, 0) is 50.2 Å². The summed E-state index contributed by atoms with van der Waals surface area (Å²) in [4.78, 5) is 0. The molecule has 3 rings (SSSR count). The molecule has 5 nitrogen and oxygen atoms in total. The van der Waals surface area contributed by atoms with Crippen LogP contribution in [0, 0.1) is 6.92 Å². The minimum absolute atomic E-state index is 0.0751. The Morgan fingerprint density at radius 3 is 2.73 bits per heavy atom. The normalized spacial score (nSPS) is 12.5. The highest BCUT2D eigenvalue weighted by atomic mass is 35.5. The van der Waals surface area contributed by atoms with E-state index in [0.717, 1.165) is 22.8 Å². The van der Waals surface area contributed by atoms with Crippen molar-refractivity contribution < 1.29 is 4.42 Å². The summed E-state index contributed by atoms with van der Waals surface area (Å²) in [6.45, 7) is 4.72. The number of aromatic nitrogens is 3. The number of hydrogen-bond acceptors (Lipinski definition) is 4. The van der Waals surface area contributed by atoms with Gasteiger partial charge in [0.2, 0.25) is 0 Å². The second-order valence-electron chi connectivity index (χ2n) is 5.13. The van der Waals surface area contributed by atoms with E-state index >= 15 is 0 Å². The molecule has 1 N–H and O–H groups in total. The van der Waals surface area contributed by atoms with Gasteiger partial charge >= 0.3 is 0 Å². The fourth-order valence-electron chi connectivity index (χ4n) is 2.33. The lowest BCUT2D eigenvalue weighted by Gasteiger charge is -2.11. The smallest absolute Gasteiger partial charge is 0.117 e. The lowest BCUT2D eigenvalue weighted by molar-refractivity contribution is 0.456. The first-order chi connectivity index (χ1) is 10.6. The Bertz CT molecular complexity index is 734. The van der Waals surface area contributed by atoms with E-state index in [4.69, 9.17) is 16.0 Å². The highest BCUT2D eigenvalue weighted by molar-refractivity contribution is 6.30. The molecule has 0 saturated heterocycles. The van der Waals surface area contributed by atoms with Gasteiger partial charge in [-0.15, -0.1) is 5.10 Å². The van der Waals surface area contributed by atoms with E-state index in [9.17, 15) is 0 Å². The van der Waals surface area contributed by atoms with E-state index in [1.54, 1.807) is 6.26 Å². The Kier molecular flexibility index (Phi) is 4.27. The molecule has 0 amide bonds. The Morgan fingerprint density at radius 1 is 1.27 bits per heavy atom. The SMILES string of the molecule is Cc1c(C(C)NCc2ccco2)nnn1-c1ccc(Cl)cc1. The lowest BCUT2D eigenvalue weighted by Crippen LogP contribution is -2.19. The molecule has 3 aromatic rings. The van der Waals surface area contributed by atoms with Crippen LogP contribution >= 0.6 is 11.6 Å². The number of hydrogen-bond donors (Lipinski definition) is 1. The van der Waals surface area contributed by atoms with Crippen molar-refractivity contribution in [3.63, 3.8) is 0 Å². The summed E-state index contributed by atoms with van der Waals surface area (Å²) in [5.74, 6) is 0.898. The number of halogens is 1. The molecule has 1 atom stereocenters. The number of nitrogens with zero attached hydrogens (tertiary/aromatic N) is 3. The molecule has 6 heteroatoms. The summed E-state index contributed by atoms with van der Waals surface area (Å²) in [6, 6.07) is 11.4. The molecule has 0 radical (unpaired) electrons. The number of nitrogens with one attached hydrogen (secondary N) is 1. The van der Waals surface area contributed by atoms with E-state index in [2.05, 4.69) is 22.6 Å². The van der Waals surface area contributed by atoms with Gasteiger partial charge in [-0.25, -0.2) is 4.68 Å². The first-order valence-corrected chi connectivity index (χ1v) is 7.47. The minimum atomic E-state index is 0.0751. The van der Waals surface area contributed by atoms with Crippen molar-refractivity contribution in [2.45, 2.75) is 26.4 Å². The Hall–Kier alpha value is -2.11. The molecule has 2 aromatic heterocycles. The highest BCUT2D eigenvalue weighted by Crippen LogP contribution is 2.19. The van der Waals surface area contributed by atoms with Gasteiger partial charge in [0.25, 0.3) is 0 Å². The Balaban J connectivity index is 1.76. The minimum Gasteiger partial charge on any atom is -0.468 e. The third-order valence-electron chi connectivity index (χ3n) is 3.57. The topological polar surface area (TPSA) is 55.9 Å². The fourth-order valence-corrected chi connectivity index (χ4v) is 2.46. The number of furan rings is 1. The number of rotatable bonds is 5. The van der Waals surface area contributed by atoms with E-state index in [-0.39, 0.29) is 6.04 Å². The molecule has 0 fully saturated rings. The van der Waals surface area contributed by atoms with Crippen LogP contribution in [0.25, 0.3) is 5.69 Å². The molecule has 0 aliphatic heterocycles. The molecule has 0 spiro atoms. The maximum absolute atomic E-state index is 5.92. The average molecular weight is 317 g/mol. The van der Waals surface area contributed by atoms with Gasteiger partial charge in [0.05, 0.1) is 30.2 Å². The largest absolute Gasteiger partial charge is 0.468 e. The van der Waals surface area contributed by atoms with Gasteiger partial charge in [0.1, 0.15) is 11.5 Å². The zero-order valence-corrected chi connectivity index (χ0v) is 13.2. The van der Waals surface area contributed by atoms with Gasteiger partial charge in [-0.1, -0.05) is 16.8 Å². The van der Waals surface area contributed by atoms with Crippen LogP contribution < -0.4 is 5.32 Å². The van der Waals surface area contributed by atoms with E-state index in [1.807, 2.05) is 48.0 Å². The predicted octanol–water partition coefficient (Wildman–Crippen LogP) is 3.67. The Labute approximate surface area is 133 Å². The standard InChI is InChI=1S/C16H17ClN4O/c1-11(18-10-15-4-3-9-22-15)16-12(2)21(20-19-16)14-7-5-13(17)6-8-14/h3-9,11,18H,10H2,1-2H3. The third-order valence-corrected chi connectivity index (χ3v) is 3.83. The Morgan fingerprint density at radius 2 is 2.05 bits per heavy atom. The van der Waals surface area contributed by atoms with Crippen LogP contribution in [-0.4, -0.2) is 15.0 Å². The summed E-state index contributed by atoms with van der Waals surface area (Å²) in [5, 5.41) is 12.6. The quantitative estimate of drug-likeness (QED) is 0.780. The number of benzene rings is 1. The zero-order valence-electron chi connectivity index (χ0n) is 12.5. The van der Waals surface area contributed by atoms with Crippen LogP contribution in [-0.2, 0) is 6.54 Å². The van der Waals surface area contributed by atoms with Crippen LogP contribution in [0.5, 0.6) is 0 Å². The molecule has 2 heterocycles. The van der Waals surface area contributed by atoms with Gasteiger partial charge in [0.15, 0.2) is 0 Å². The van der Waals surface area contributed by atoms with Crippen LogP contribution in [0.2, 0.25) is 5.02 Å². The van der Waals surface area contributed by atoms with E-state index in [0.29, 0.717) is 11.6 Å². The summed E-state index contributed by atoms with van der Waals surface area (Å²) in [7, 11) is 0. The molecular formula is C16H17ClN4O. The van der Waals surface area contributed by atoms with Crippen LogP contribution in [0.3, 0.4) is 0 Å². The van der Waals surface area contributed by atoms with Crippen LogP contribution in [0.15, 0.2) is 47.1 Å². The molecule has 0 aliphatic carbocycles. The molecule has 0 saturated carbocycles. The van der Waals surface area contributed by atoms with Crippen molar-refractivity contribution >= 4 is 11.6 Å². The van der Waals surface area contributed by atoms with Gasteiger partial charge in [-0.3, -0.25) is 0 Å². The highest BCUT2D eigenvalue weighted by Gasteiger charge is 2.16. The molecule has 0 bridgehead atoms. The fraction of sp³-hybridized carbons (Fsp3) is 0.250. The van der Waals surface area contributed by atoms with Crippen molar-refractivity contribution in [2.24, 2.45) is 0 Å². The summed E-state index contributed by atoms with van der Waals surface area (Å²) < 4.78 is 7.14. The van der Waals surface area contributed by atoms with Crippen LogP contribution in [0.4, 0.5) is 0 Å². The third kappa shape index (κ3) is 3.05. The van der Waals surface area contributed by atoms with E-state index in [1.165, 1.54) is 0 Å². The lowest BCUT2D eigenvalue weighted by atomic mass is 10.2.